The molecule has 30 heavy (non-hydrogen) atoms. The summed E-state index contributed by atoms with van der Waals surface area (Å²) in [6.45, 7) is 3.93. The van der Waals surface area contributed by atoms with E-state index in [2.05, 4.69) is 20.6 Å². The van der Waals surface area contributed by atoms with Crippen molar-refractivity contribution in [3.8, 4) is 0 Å². The SMILES string of the molecule is Cc1ccc(C)c(NC(=O)Cn2cnc3c(nnn3Cc3ccc(F)cc3)c2=O)c1. The predicted octanol–water partition coefficient (Wildman–Crippen LogP) is 2.43. The summed E-state index contributed by atoms with van der Waals surface area (Å²) in [7, 11) is 0. The second-order valence-corrected chi connectivity index (χ2v) is 7.09. The van der Waals surface area contributed by atoms with E-state index in [0.717, 1.165) is 16.7 Å². The minimum absolute atomic E-state index is 0.0687. The Morgan fingerprint density at radius 2 is 1.90 bits per heavy atom. The molecule has 0 saturated heterocycles. The van der Waals surface area contributed by atoms with E-state index >= 15 is 0 Å². The number of hydrogen-bond acceptors (Lipinski definition) is 5. The molecule has 0 aliphatic rings. The summed E-state index contributed by atoms with van der Waals surface area (Å²) >= 11 is 0. The molecule has 9 heteroatoms. The molecule has 8 nitrogen and oxygen atoms in total. The molecule has 152 valence electrons. The van der Waals surface area contributed by atoms with Crippen LogP contribution in [0, 0.1) is 19.7 Å². The molecule has 0 bridgehead atoms. The quantitative estimate of drug-likeness (QED) is 0.549. The first-order valence-electron chi connectivity index (χ1n) is 9.31. The van der Waals surface area contributed by atoms with Crippen molar-refractivity contribution >= 4 is 22.8 Å². The third kappa shape index (κ3) is 3.95. The first-order valence-corrected chi connectivity index (χ1v) is 9.31. The van der Waals surface area contributed by atoms with Gasteiger partial charge in [-0.05, 0) is 48.7 Å². The molecule has 1 amide bonds. The highest BCUT2D eigenvalue weighted by molar-refractivity contribution is 5.91. The van der Waals surface area contributed by atoms with Crippen LogP contribution >= 0.6 is 0 Å². The zero-order valence-corrected chi connectivity index (χ0v) is 16.5. The van der Waals surface area contributed by atoms with Crippen LogP contribution in [-0.4, -0.2) is 30.5 Å². The first-order chi connectivity index (χ1) is 14.4. The monoisotopic (exact) mass is 406 g/mol. The molecule has 4 aromatic rings. The molecule has 0 atom stereocenters. The van der Waals surface area contributed by atoms with Crippen molar-refractivity contribution in [2.75, 3.05) is 5.32 Å². The number of hydrogen-bond donors (Lipinski definition) is 1. The summed E-state index contributed by atoms with van der Waals surface area (Å²) in [5.74, 6) is -0.673. The highest BCUT2D eigenvalue weighted by atomic mass is 19.1. The molecule has 0 spiro atoms. The van der Waals surface area contributed by atoms with Crippen molar-refractivity contribution in [2.24, 2.45) is 0 Å². The van der Waals surface area contributed by atoms with Crippen LogP contribution in [0.3, 0.4) is 0 Å². The largest absolute Gasteiger partial charge is 0.324 e. The lowest BCUT2D eigenvalue weighted by Gasteiger charge is -2.10. The minimum atomic E-state index is -0.457. The molecule has 0 aliphatic heterocycles. The topological polar surface area (TPSA) is 94.7 Å². The Labute approximate surface area is 171 Å². The Bertz CT molecular complexity index is 1290. The van der Waals surface area contributed by atoms with Crippen molar-refractivity contribution in [3.63, 3.8) is 0 Å². The molecule has 2 aromatic carbocycles. The average Bonchev–Trinajstić information content (AvgIpc) is 3.12. The van der Waals surface area contributed by atoms with Crippen molar-refractivity contribution in [3.05, 3.63) is 81.7 Å². The Morgan fingerprint density at radius 1 is 1.13 bits per heavy atom. The number of aryl methyl sites for hydroxylation is 2. The highest BCUT2D eigenvalue weighted by Gasteiger charge is 2.14. The highest BCUT2D eigenvalue weighted by Crippen LogP contribution is 2.16. The summed E-state index contributed by atoms with van der Waals surface area (Å²) in [5.41, 5.74) is 3.36. The third-order valence-electron chi connectivity index (χ3n) is 4.72. The number of anilines is 1. The molecule has 2 heterocycles. The van der Waals surface area contributed by atoms with E-state index in [1.165, 1.54) is 27.7 Å². The van der Waals surface area contributed by atoms with Crippen LogP contribution in [0.2, 0.25) is 0 Å². The van der Waals surface area contributed by atoms with Gasteiger partial charge in [0.15, 0.2) is 11.2 Å². The van der Waals surface area contributed by atoms with Crippen molar-refractivity contribution in [1.82, 2.24) is 24.5 Å². The van der Waals surface area contributed by atoms with Gasteiger partial charge in [0.05, 0.1) is 6.54 Å². The molecular weight excluding hydrogens is 387 g/mol. The van der Waals surface area contributed by atoms with Gasteiger partial charge >= 0.3 is 0 Å². The van der Waals surface area contributed by atoms with Gasteiger partial charge < -0.3 is 5.32 Å². The van der Waals surface area contributed by atoms with Gasteiger partial charge in [0, 0.05) is 5.69 Å². The summed E-state index contributed by atoms with van der Waals surface area (Å²) in [6, 6.07) is 11.7. The normalized spacial score (nSPS) is 11.0. The van der Waals surface area contributed by atoms with Crippen LogP contribution in [0.25, 0.3) is 11.2 Å². The Kier molecular flexibility index (Phi) is 5.09. The molecule has 1 N–H and O–H groups in total. The first kappa shape index (κ1) is 19.4. The second kappa shape index (κ2) is 7.86. The number of rotatable bonds is 5. The number of nitrogens with zero attached hydrogens (tertiary/aromatic N) is 5. The zero-order chi connectivity index (χ0) is 21.3. The number of fused-ring (bicyclic) bond motifs is 1. The van der Waals surface area contributed by atoms with Gasteiger partial charge in [0.2, 0.25) is 5.91 Å². The molecule has 0 fully saturated rings. The Balaban J connectivity index is 1.55. The Morgan fingerprint density at radius 3 is 2.67 bits per heavy atom. The number of aromatic nitrogens is 5. The van der Waals surface area contributed by atoms with E-state index in [1.54, 1.807) is 12.1 Å². The molecule has 0 unspecified atom stereocenters. The minimum Gasteiger partial charge on any atom is -0.324 e. The number of amides is 1. The van der Waals surface area contributed by atoms with E-state index in [4.69, 9.17) is 0 Å². The summed E-state index contributed by atoms with van der Waals surface area (Å²) in [4.78, 5) is 29.4. The van der Waals surface area contributed by atoms with E-state index in [9.17, 15) is 14.0 Å². The molecule has 0 saturated carbocycles. The average molecular weight is 406 g/mol. The number of nitrogens with one attached hydrogen (secondary N) is 1. The zero-order valence-electron chi connectivity index (χ0n) is 16.5. The molecule has 4 rings (SSSR count). The summed E-state index contributed by atoms with van der Waals surface area (Å²) < 4.78 is 15.7. The van der Waals surface area contributed by atoms with Gasteiger partial charge in [-0.3, -0.25) is 14.2 Å². The number of benzene rings is 2. The standard InChI is InChI=1S/C21H19FN6O2/c1-13-3-4-14(2)17(9-13)24-18(29)11-27-12-23-20-19(21(27)30)25-26-28(20)10-15-5-7-16(22)8-6-15/h3-9,12H,10-11H2,1-2H3,(H,24,29). The van der Waals surface area contributed by atoms with Gasteiger partial charge in [0.25, 0.3) is 5.56 Å². The predicted molar refractivity (Wildman–Crippen MR) is 110 cm³/mol. The van der Waals surface area contributed by atoms with E-state index < -0.39 is 5.56 Å². The van der Waals surface area contributed by atoms with Crippen LogP contribution in [-0.2, 0) is 17.9 Å². The maximum Gasteiger partial charge on any atom is 0.283 e. The van der Waals surface area contributed by atoms with Crippen LogP contribution in [0.5, 0.6) is 0 Å². The van der Waals surface area contributed by atoms with Crippen molar-refractivity contribution in [2.45, 2.75) is 26.9 Å². The van der Waals surface area contributed by atoms with E-state index in [-0.39, 0.29) is 23.8 Å². The number of halogens is 1. The molecule has 2 aromatic heterocycles. The molecular formula is C21H19FN6O2. The van der Waals surface area contributed by atoms with E-state index in [0.29, 0.717) is 17.9 Å². The lowest BCUT2D eigenvalue weighted by atomic mass is 10.1. The fourth-order valence-corrected chi connectivity index (χ4v) is 3.08. The van der Waals surface area contributed by atoms with Crippen LogP contribution < -0.4 is 10.9 Å². The molecule has 0 aliphatic carbocycles. The number of carbonyl (C=O) groups excluding carboxylic acids is 1. The van der Waals surface area contributed by atoms with Gasteiger partial charge in [-0.2, -0.15) is 0 Å². The van der Waals surface area contributed by atoms with Gasteiger partial charge in [-0.1, -0.05) is 29.5 Å². The fraction of sp³-hybridized carbons (Fsp3) is 0.190. The molecule has 0 radical (unpaired) electrons. The van der Waals surface area contributed by atoms with Gasteiger partial charge in [0.1, 0.15) is 18.7 Å². The summed E-state index contributed by atoms with van der Waals surface area (Å²) in [5, 5.41) is 10.7. The lowest BCUT2D eigenvalue weighted by Crippen LogP contribution is -2.28. The Hall–Kier alpha value is -3.88. The van der Waals surface area contributed by atoms with Crippen LogP contribution in [0.4, 0.5) is 10.1 Å². The smallest absolute Gasteiger partial charge is 0.283 e. The van der Waals surface area contributed by atoms with Crippen LogP contribution in [0.15, 0.2) is 53.6 Å². The summed E-state index contributed by atoms with van der Waals surface area (Å²) in [6.07, 6.45) is 1.30. The van der Waals surface area contributed by atoms with Crippen LogP contribution in [0.1, 0.15) is 16.7 Å². The van der Waals surface area contributed by atoms with Crippen molar-refractivity contribution < 1.29 is 9.18 Å². The lowest BCUT2D eigenvalue weighted by molar-refractivity contribution is -0.116. The van der Waals surface area contributed by atoms with Crippen molar-refractivity contribution in [1.29, 1.82) is 0 Å². The number of carbonyl (C=O) groups is 1. The second-order valence-electron chi connectivity index (χ2n) is 7.09. The van der Waals surface area contributed by atoms with Gasteiger partial charge in [-0.15, -0.1) is 5.10 Å². The maximum absolute atomic E-state index is 13.1. The van der Waals surface area contributed by atoms with Gasteiger partial charge in [-0.25, -0.2) is 14.1 Å². The maximum atomic E-state index is 13.1. The fourth-order valence-electron chi connectivity index (χ4n) is 3.08. The van der Waals surface area contributed by atoms with E-state index in [1.807, 2.05) is 32.0 Å². The third-order valence-corrected chi connectivity index (χ3v) is 4.72.